The number of fused-ring (bicyclic) bond motifs is 2. The van der Waals surface area contributed by atoms with E-state index in [0.717, 1.165) is 55.5 Å². The van der Waals surface area contributed by atoms with Gasteiger partial charge in [-0.3, -0.25) is 14.4 Å². The van der Waals surface area contributed by atoms with Crippen LogP contribution in [0.5, 0.6) is 0 Å². The van der Waals surface area contributed by atoms with Crippen LogP contribution in [0.15, 0.2) is 18.3 Å². The zero-order chi connectivity index (χ0) is 25.1. The van der Waals surface area contributed by atoms with Crippen molar-refractivity contribution in [3.8, 4) is 11.1 Å². The zero-order valence-electron chi connectivity index (χ0n) is 20.8. The van der Waals surface area contributed by atoms with Gasteiger partial charge in [0.2, 0.25) is 11.8 Å². The Bertz CT molecular complexity index is 1200. The number of carbonyl (C=O) groups excluding carboxylic acids is 3. The SMILES string of the molecule is CNC(=O)[C@@H]1C[C@@H]2C[C@H](C(=O)Nc3cc(-c4cc(C(C)=O)n5c4CC(C)(C)C5)c(Cl)cn3)C[C@@H]2C1. The third-order valence-corrected chi connectivity index (χ3v) is 8.50. The standard InChI is InChI=1S/C27H33ClN4O3/c1-14(33)22-9-20(23-11-27(2,3)13-32(22)23)19-10-24(30-12-21(19)28)31-26(35)18-7-15-5-17(25(34)29-4)6-16(15)8-18/h9-10,12,15-18H,5-8,11,13H2,1-4H3,(H,29,34)(H,30,31,35)/t15-,16+,17-,18+. The molecule has 0 spiro atoms. The van der Waals surface area contributed by atoms with Gasteiger partial charge >= 0.3 is 0 Å². The molecule has 3 heterocycles. The maximum Gasteiger partial charge on any atom is 0.228 e. The Morgan fingerprint density at radius 2 is 1.66 bits per heavy atom. The summed E-state index contributed by atoms with van der Waals surface area (Å²) in [4.78, 5) is 41.8. The molecule has 35 heavy (non-hydrogen) atoms. The number of pyridine rings is 1. The summed E-state index contributed by atoms with van der Waals surface area (Å²) in [7, 11) is 1.68. The highest BCUT2D eigenvalue weighted by Crippen LogP contribution is 2.49. The molecule has 3 aliphatic rings. The van der Waals surface area contributed by atoms with E-state index >= 15 is 0 Å². The van der Waals surface area contributed by atoms with Crippen LogP contribution in [0.1, 0.15) is 62.6 Å². The fourth-order valence-corrected chi connectivity index (χ4v) is 6.82. The predicted molar refractivity (Wildman–Crippen MR) is 135 cm³/mol. The van der Waals surface area contributed by atoms with Crippen molar-refractivity contribution >= 4 is 35.0 Å². The van der Waals surface area contributed by atoms with Crippen molar-refractivity contribution in [2.75, 3.05) is 12.4 Å². The zero-order valence-corrected chi connectivity index (χ0v) is 21.5. The fraction of sp³-hybridized carbons (Fsp3) is 0.556. The lowest BCUT2D eigenvalue weighted by Gasteiger charge is -2.16. The molecular formula is C27H33ClN4O3. The molecule has 7 nitrogen and oxygen atoms in total. The van der Waals surface area contributed by atoms with Gasteiger partial charge in [-0.05, 0) is 61.5 Å². The molecule has 2 saturated carbocycles. The maximum atomic E-state index is 13.1. The number of hydrogen-bond acceptors (Lipinski definition) is 4. The molecule has 5 rings (SSSR count). The van der Waals surface area contributed by atoms with Crippen LogP contribution in [-0.4, -0.2) is 34.2 Å². The van der Waals surface area contributed by atoms with Gasteiger partial charge in [-0.25, -0.2) is 4.98 Å². The molecule has 8 heteroatoms. The first-order valence-electron chi connectivity index (χ1n) is 12.5. The van der Waals surface area contributed by atoms with Gasteiger partial charge in [0.1, 0.15) is 5.82 Å². The van der Waals surface area contributed by atoms with Crippen molar-refractivity contribution < 1.29 is 14.4 Å². The van der Waals surface area contributed by atoms with Crippen LogP contribution in [0.3, 0.4) is 0 Å². The van der Waals surface area contributed by atoms with Gasteiger partial charge in [0, 0.05) is 55.4 Å². The molecule has 2 aromatic rings. The Hall–Kier alpha value is -2.67. The van der Waals surface area contributed by atoms with E-state index in [1.807, 2.05) is 12.1 Å². The second-order valence-electron chi connectivity index (χ2n) is 11.4. The van der Waals surface area contributed by atoms with E-state index in [1.165, 1.54) is 0 Å². The first-order valence-corrected chi connectivity index (χ1v) is 12.9. The number of halogens is 1. The van der Waals surface area contributed by atoms with Crippen molar-refractivity contribution in [3.05, 3.63) is 34.7 Å². The molecule has 2 fully saturated rings. The molecule has 186 valence electrons. The highest BCUT2D eigenvalue weighted by molar-refractivity contribution is 6.33. The smallest absolute Gasteiger partial charge is 0.228 e. The van der Waals surface area contributed by atoms with Gasteiger partial charge in [-0.15, -0.1) is 0 Å². The highest BCUT2D eigenvalue weighted by Gasteiger charge is 2.45. The van der Waals surface area contributed by atoms with E-state index in [2.05, 4.69) is 34.0 Å². The van der Waals surface area contributed by atoms with Gasteiger partial charge in [0.15, 0.2) is 5.78 Å². The van der Waals surface area contributed by atoms with Crippen LogP contribution in [0.2, 0.25) is 5.02 Å². The quantitative estimate of drug-likeness (QED) is 0.585. The van der Waals surface area contributed by atoms with E-state index in [1.54, 1.807) is 20.2 Å². The van der Waals surface area contributed by atoms with Crippen molar-refractivity contribution in [3.63, 3.8) is 0 Å². The number of nitrogens with one attached hydrogen (secondary N) is 2. The summed E-state index contributed by atoms with van der Waals surface area (Å²) in [6.07, 6.45) is 5.78. The van der Waals surface area contributed by atoms with Gasteiger partial charge in [-0.1, -0.05) is 25.4 Å². The second-order valence-corrected chi connectivity index (χ2v) is 11.8. The predicted octanol–water partition coefficient (Wildman–Crippen LogP) is 4.73. The molecule has 2 aromatic heterocycles. The summed E-state index contributed by atoms with van der Waals surface area (Å²) in [6.45, 7) is 6.77. The molecule has 2 amide bonds. The van der Waals surface area contributed by atoms with Crippen LogP contribution in [0, 0.1) is 29.1 Å². The van der Waals surface area contributed by atoms with E-state index in [4.69, 9.17) is 11.6 Å². The Morgan fingerprint density at radius 3 is 2.26 bits per heavy atom. The summed E-state index contributed by atoms with van der Waals surface area (Å²) < 4.78 is 2.11. The lowest BCUT2D eigenvalue weighted by Crippen LogP contribution is -2.27. The highest BCUT2D eigenvalue weighted by atomic mass is 35.5. The number of Topliss-reactive ketones (excluding diaryl/α,β-unsaturated/α-hetero) is 1. The third kappa shape index (κ3) is 4.39. The van der Waals surface area contributed by atoms with E-state index in [9.17, 15) is 14.4 Å². The number of anilines is 1. The lowest BCUT2D eigenvalue weighted by atomic mass is 9.89. The van der Waals surface area contributed by atoms with Crippen molar-refractivity contribution in [2.24, 2.45) is 29.1 Å². The van der Waals surface area contributed by atoms with E-state index in [0.29, 0.717) is 28.4 Å². The molecule has 0 saturated heterocycles. The summed E-state index contributed by atoms with van der Waals surface area (Å²) >= 11 is 6.57. The molecule has 0 bridgehead atoms. The van der Waals surface area contributed by atoms with Gasteiger partial charge in [-0.2, -0.15) is 0 Å². The normalized spacial score (nSPS) is 26.3. The van der Waals surface area contributed by atoms with Crippen LogP contribution in [0.4, 0.5) is 5.82 Å². The monoisotopic (exact) mass is 496 g/mol. The molecule has 1 aliphatic heterocycles. The number of aromatic nitrogens is 2. The minimum atomic E-state index is -0.0691. The summed E-state index contributed by atoms with van der Waals surface area (Å²) in [6, 6.07) is 3.74. The van der Waals surface area contributed by atoms with Crippen LogP contribution < -0.4 is 10.6 Å². The molecule has 0 unspecified atom stereocenters. The van der Waals surface area contributed by atoms with Gasteiger partial charge in [0.25, 0.3) is 0 Å². The number of carbonyl (C=O) groups is 3. The van der Waals surface area contributed by atoms with Crippen LogP contribution >= 0.6 is 11.6 Å². The summed E-state index contributed by atoms with van der Waals surface area (Å²) in [5.74, 6) is 1.46. The lowest BCUT2D eigenvalue weighted by molar-refractivity contribution is -0.124. The first kappa shape index (κ1) is 24.0. The van der Waals surface area contributed by atoms with Crippen LogP contribution in [-0.2, 0) is 22.6 Å². The average Bonchev–Trinajstić information content (AvgIpc) is 3.52. The Morgan fingerprint density at radius 1 is 1.03 bits per heavy atom. The Kier molecular flexibility index (Phi) is 6.02. The largest absolute Gasteiger partial charge is 0.359 e. The topological polar surface area (TPSA) is 93.1 Å². The van der Waals surface area contributed by atoms with Gasteiger partial charge < -0.3 is 15.2 Å². The number of amides is 2. The molecular weight excluding hydrogens is 464 g/mol. The van der Waals surface area contributed by atoms with E-state index < -0.39 is 0 Å². The maximum absolute atomic E-state index is 13.1. The minimum absolute atomic E-state index is 0.0238. The molecule has 4 atom stereocenters. The molecule has 0 radical (unpaired) electrons. The molecule has 2 N–H and O–H groups in total. The Balaban J connectivity index is 1.34. The van der Waals surface area contributed by atoms with E-state index in [-0.39, 0.29) is 34.8 Å². The van der Waals surface area contributed by atoms with Gasteiger partial charge in [0.05, 0.1) is 10.7 Å². The average molecular weight is 497 g/mol. The molecule has 2 aliphatic carbocycles. The number of hydrogen-bond donors (Lipinski definition) is 2. The number of rotatable bonds is 5. The first-order chi connectivity index (χ1) is 16.6. The van der Waals surface area contributed by atoms with Crippen molar-refractivity contribution in [1.29, 1.82) is 0 Å². The van der Waals surface area contributed by atoms with Crippen molar-refractivity contribution in [2.45, 2.75) is 59.4 Å². The summed E-state index contributed by atoms with van der Waals surface area (Å²) in [5, 5.41) is 6.26. The number of nitrogens with zero attached hydrogens (tertiary/aromatic N) is 2. The second kappa shape index (κ2) is 8.77. The Labute approximate surface area is 211 Å². The molecule has 0 aromatic carbocycles. The van der Waals surface area contributed by atoms with Crippen molar-refractivity contribution in [1.82, 2.24) is 14.9 Å². The summed E-state index contributed by atoms with van der Waals surface area (Å²) in [5.41, 5.74) is 3.55. The fourth-order valence-electron chi connectivity index (χ4n) is 6.61. The minimum Gasteiger partial charge on any atom is -0.359 e. The number of ketones is 1. The third-order valence-electron chi connectivity index (χ3n) is 8.20. The van der Waals surface area contributed by atoms with Crippen LogP contribution in [0.25, 0.3) is 11.1 Å².